The van der Waals surface area contributed by atoms with E-state index in [-0.39, 0.29) is 30.6 Å². The largest absolute Gasteiger partial charge is 0.396 e. The zero-order chi connectivity index (χ0) is 20.1. The van der Waals surface area contributed by atoms with Gasteiger partial charge < -0.3 is 25.2 Å². The molecule has 1 aliphatic rings. The molecule has 0 saturated carbocycles. The summed E-state index contributed by atoms with van der Waals surface area (Å²) < 4.78 is 5.63. The Labute approximate surface area is 154 Å². The first-order valence-corrected chi connectivity index (χ1v) is 9.09. The standard InChI is InChI=1S/C19H32O7/c1-5-7-11(3)18-19(4,26-18)17(25)14(10-21)16(24)13(9-20)15(23)8-12(22)6-2/h5,11,13-15,17-18,20-21,23,25H,1,6-10H2,2-4H3/t11-,13?,14-,15?,17-,18+,19?/m0/s1. The number of ether oxygens (including phenoxy) is 1. The fourth-order valence-corrected chi connectivity index (χ4v) is 3.49. The number of carbonyl (C=O) groups excluding carboxylic acids is 2. The molecule has 1 aliphatic heterocycles. The Morgan fingerprint density at radius 2 is 1.81 bits per heavy atom. The average molecular weight is 372 g/mol. The van der Waals surface area contributed by atoms with E-state index in [0.29, 0.717) is 6.42 Å². The highest BCUT2D eigenvalue weighted by Crippen LogP contribution is 2.47. The SMILES string of the molecule is C=CC[C@H](C)[C@H]1OC1(C)[C@@H](O)[C@@H](CO)C(=O)C(CO)C(O)CC(=O)CC. The predicted molar refractivity (Wildman–Crippen MR) is 95.3 cm³/mol. The summed E-state index contributed by atoms with van der Waals surface area (Å²) in [5.74, 6) is -3.29. The van der Waals surface area contributed by atoms with E-state index in [1.807, 2.05) is 6.92 Å². The van der Waals surface area contributed by atoms with Crippen molar-refractivity contribution in [3.8, 4) is 0 Å². The van der Waals surface area contributed by atoms with Crippen molar-refractivity contribution in [3.05, 3.63) is 12.7 Å². The van der Waals surface area contributed by atoms with Gasteiger partial charge in [-0.1, -0.05) is 19.9 Å². The molecule has 1 fully saturated rings. The van der Waals surface area contributed by atoms with Crippen LogP contribution in [0.25, 0.3) is 0 Å². The maximum absolute atomic E-state index is 12.7. The molecule has 7 nitrogen and oxygen atoms in total. The van der Waals surface area contributed by atoms with E-state index in [4.69, 9.17) is 4.74 Å². The van der Waals surface area contributed by atoms with Gasteiger partial charge in [-0.25, -0.2) is 0 Å². The van der Waals surface area contributed by atoms with Crippen LogP contribution in [0.4, 0.5) is 0 Å². The number of hydrogen-bond donors (Lipinski definition) is 4. The summed E-state index contributed by atoms with van der Waals surface area (Å²) in [6, 6.07) is 0. The molecule has 0 bridgehead atoms. The number of epoxide rings is 1. The minimum Gasteiger partial charge on any atom is -0.396 e. The molecule has 26 heavy (non-hydrogen) atoms. The number of carbonyl (C=O) groups is 2. The lowest BCUT2D eigenvalue weighted by molar-refractivity contribution is -0.140. The number of aliphatic hydroxyl groups excluding tert-OH is 4. The van der Waals surface area contributed by atoms with Gasteiger partial charge in [-0.2, -0.15) is 0 Å². The highest BCUT2D eigenvalue weighted by atomic mass is 16.6. The van der Waals surface area contributed by atoms with Crippen LogP contribution in [0, 0.1) is 17.8 Å². The Bertz CT molecular complexity index is 506. The van der Waals surface area contributed by atoms with Crippen LogP contribution in [-0.4, -0.2) is 69.1 Å². The highest BCUT2D eigenvalue weighted by molar-refractivity contribution is 5.86. The van der Waals surface area contributed by atoms with Gasteiger partial charge in [0, 0.05) is 12.8 Å². The molecule has 1 heterocycles. The summed E-state index contributed by atoms with van der Waals surface area (Å²) in [6.07, 6.45) is -0.543. The first kappa shape index (κ1) is 22.9. The number of allylic oxidation sites excluding steroid dienone is 1. The van der Waals surface area contributed by atoms with Crippen molar-refractivity contribution in [1.82, 2.24) is 0 Å². The van der Waals surface area contributed by atoms with Gasteiger partial charge in [0.15, 0.2) is 0 Å². The van der Waals surface area contributed by atoms with E-state index in [9.17, 15) is 30.0 Å². The zero-order valence-corrected chi connectivity index (χ0v) is 15.8. The lowest BCUT2D eigenvalue weighted by Crippen LogP contribution is -2.47. The molecule has 0 aromatic rings. The molecule has 1 rings (SSSR count). The fraction of sp³-hybridized carbons (Fsp3) is 0.789. The molecular weight excluding hydrogens is 340 g/mol. The second-order valence-electron chi connectivity index (χ2n) is 7.31. The molecule has 7 atom stereocenters. The average Bonchev–Trinajstić information content (AvgIpc) is 3.29. The summed E-state index contributed by atoms with van der Waals surface area (Å²) >= 11 is 0. The molecule has 150 valence electrons. The normalized spacial score (nSPS) is 27.9. The van der Waals surface area contributed by atoms with Crippen LogP contribution in [0.15, 0.2) is 12.7 Å². The molecule has 3 unspecified atom stereocenters. The van der Waals surface area contributed by atoms with Crippen molar-refractivity contribution < 1.29 is 34.8 Å². The highest BCUT2D eigenvalue weighted by Gasteiger charge is 2.61. The number of aliphatic hydroxyl groups is 4. The number of ketones is 2. The Morgan fingerprint density at radius 3 is 2.27 bits per heavy atom. The molecule has 0 spiro atoms. The topological polar surface area (TPSA) is 128 Å². The third kappa shape index (κ3) is 4.98. The molecule has 0 aromatic heterocycles. The summed E-state index contributed by atoms with van der Waals surface area (Å²) in [4.78, 5) is 24.2. The van der Waals surface area contributed by atoms with Crippen molar-refractivity contribution in [2.24, 2.45) is 17.8 Å². The summed E-state index contributed by atoms with van der Waals surface area (Å²) in [6.45, 7) is 7.60. The Hall–Kier alpha value is -1.12. The van der Waals surface area contributed by atoms with Gasteiger partial charge in [0.1, 0.15) is 17.2 Å². The number of rotatable bonds is 13. The predicted octanol–water partition coefficient (Wildman–Crippen LogP) is 0.233. The summed E-state index contributed by atoms with van der Waals surface area (Å²) in [7, 11) is 0. The maximum atomic E-state index is 12.7. The van der Waals surface area contributed by atoms with Gasteiger partial charge in [0.05, 0.1) is 43.4 Å². The second-order valence-corrected chi connectivity index (χ2v) is 7.31. The van der Waals surface area contributed by atoms with Crippen molar-refractivity contribution >= 4 is 11.6 Å². The lowest BCUT2D eigenvalue weighted by Gasteiger charge is -2.29. The van der Waals surface area contributed by atoms with E-state index in [1.54, 1.807) is 19.9 Å². The van der Waals surface area contributed by atoms with E-state index in [2.05, 4.69) is 6.58 Å². The minimum atomic E-state index is -1.36. The van der Waals surface area contributed by atoms with Crippen molar-refractivity contribution in [1.29, 1.82) is 0 Å². The number of hydrogen-bond acceptors (Lipinski definition) is 7. The van der Waals surface area contributed by atoms with Crippen LogP contribution in [0.1, 0.15) is 40.0 Å². The quantitative estimate of drug-likeness (QED) is 0.269. The van der Waals surface area contributed by atoms with Crippen LogP contribution < -0.4 is 0 Å². The monoisotopic (exact) mass is 372 g/mol. The fourth-order valence-electron chi connectivity index (χ4n) is 3.49. The molecule has 0 aliphatic carbocycles. The van der Waals surface area contributed by atoms with Crippen LogP contribution in [0.3, 0.4) is 0 Å². The number of Topliss-reactive ketones (excluding diaryl/α,β-unsaturated/α-hetero) is 2. The third-order valence-electron chi connectivity index (χ3n) is 5.33. The third-order valence-corrected chi connectivity index (χ3v) is 5.33. The van der Waals surface area contributed by atoms with Gasteiger partial charge in [0.25, 0.3) is 0 Å². The summed E-state index contributed by atoms with van der Waals surface area (Å²) in [5, 5.41) is 40.0. The van der Waals surface area contributed by atoms with Gasteiger partial charge in [-0.3, -0.25) is 9.59 Å². The van der Waals surface area contributed by atoms with Crippen LogP contribution >= 0.6 is 0 Å². The molecule has 4 N–H and O–H groups in total. The van der Waals surface area contributed by atoms with Gasteiger partial charge >= 0.3 is 0 Å². The lowest BCUT2D eigenvalue weighted by atomic mass is 9.79. The first-order chi connectivity index (χ1) is 12.2. The van der Waals surface area contributed by atoms with Crippen LogP contribution in [-0.2, 0) is 14.3 Å². The van der Waals surface area contributed by atoms with Gasteiger partial charge in [-0.05, 0) is 19.3 Å². The van der Waals surface area contributed by atoms with Crippen molar-refractivity contribution in [2.45, 2.75) is 63.9 Å². The summed E-state index contributed by atoms with van der Waals surface area (Å²) in [5.41, 5.74) is -0.990. The Balaban J connectivity index is 2.87. The van der Waals surface area contributed by atoms with Crippen LogP contribution in [0.2, 0.25) is 0 Å². The van der Waals surface area contributed by atoms with Crippen molar-refractivity contribution in [3.63, 3.8) is 0 Å². The van der Waals surface area contributed by atoms with E-state index < -0.39 is 48.6 Å². The second kappa shape index (κ2) is 9.71. The maximum Gasteiger partial charge on any atom is 0.148 e. The molecule has 1 saturated heterocycles. The zero-order valence-electron chi connectivity index (χ0n) is 15.8. The first-order valence-electron chi connectivity index (χ1n) is 9.09. The van der Waals surface area contributed by atoms with E-state index in [0.717, 1.165) is 0 Å². The molecule has 0 aromatic carbocycles. The Kier molecular flexibility index (Phi) is 8.56. The van der Waals surface area contributed by atoms with Gasteiger partial charge in [0.2, 0.25) is 0 Å². The van der Waals surface area contributed by atoms with Gasteiger partial charge in [-0.15, -0.1) is 6.58 Å². The molecule has 7 heteroatoms. The van der Waals surface area contributed by atoms with E-state index >= 15 is 0 Å². The molecule has 0 radical (unpaired) electrons. The Morgan fingerprint density at radius 1 is 1.23 bits per heavy atom. The van der Waals surface area contributed by atoms with E-state index in [1.165, 1.54) is 0 Å². The minimum absolute atomic E-state index is 0.0861. The molecular formula is C19H32O7. The smallest absolute Gasteiger partial charge is 0.148 e. The molecule has 0 amide bonds. The van der Waals surface area contributed by atoms with Crippen molar-refractivity contribution in [2.75, 3.05) is 13.2 Å². The van der Waals surface area contributed by atoms with Crippen LogP contribution in [0.5, 0.6) is 0 Å².